The fourth-order valence-corrected chi connectivity index (χ4v) is 3.62. The first kappa shape index (κ1) is 24.8. The minimum Gasteiger partial charge on any atom is -0.326 e. The van der Waals surface area contributed by atoms with Gasteiger partial charge in [-0.3, -0.25) is 19.4 Å². The second-order valence-electron chi connectivity index (χ2n) is 7.72. The van der Waals surface area contributed by atoms with Crippen LogP contribution < -0.4 is 21.5 Å². The van der Waals surface area contributed by atoms with E-state index in [1.54, 1.807) is 0 Å². The number of hydrogen-bond acceptors (Lipinski definition) is 5. The number of fused-ring (bicyclic) bond motifs is 1. The molecule has 2 heterocycles. The van der Waals surface area contributed by atoms with Crippen molar-refractivity contribution in [2.24, 2.45) is 0 Å². The zero-order valence-corrected chi connectivity index (χ0v) is 17.8. The summed E-state index contributed by atoms with van der Waals surface area (Å²) >= 11 is 0. The van der Waals surface area contributed by atoms with Crippen molar-refractivity contribution >= 4 is 35.0 Å². The topological polar surface area (TPSA) is 116 Å². The second-order valence-corrected chi connectivity index (χ2v) is 7.72. The first-order chi connectivity index (χ1) is 16.8. The first-order valence-electron chi connectivity index (χ1n) is 10.2. The predicted molar refractivity (Wildman–Crippen MR) is 116 cm³/mol. The van der Waals surface area contributed by atoms with Crippen LogP contribution in [0, 0.1) is 0 Å². The molecule has 1 atom stereocenters. The van der Waals surface area contributed by atoms with Gasteiger partial charge in [0.05, 0.1) is 28.3 Å². The van der Waals surface area contributed by atoms with E-state index in [1.165, 1.54) is 12.1 Å². The van der Waals surface area contributed by atoms with E-state index in [4.69, 9.17) is 0 Å². The average Bonchev–Trinajstić information content (AvgIpc) is 2.77. The van der Waals surface area contributed by atoms with Crippen molar-refractivity contribution < 1.29 is 35.9 Å². The van der Waals surface area contributed by atoms with Crippen LogP contribution >= 0.6 is 0 Å². The first-order valence-corrected chi connectivity index (χ1v) is 10.2. The van der Waals surface area contributed by atoms with E-state index in [0.29, 0.717) is 0 Å². The van der Waals surface area contributed by atoms with Gasteiger partial charge < -0.3 is 16.0 Å². The number of aromatic amines is 1. The van der Waals surface area contributed by atoms with E-state index in [9.17, 15) is 40.7 Å². The molecular formula is C22H15F6N5O3. The Morgan fingerprint density at radius 1 is 0.972 bits per heavy atom. The Labute approximate surface area is 197 Å². The molecule has 1 unspecified atom stereocenters. The van der Waals surface area contributed by atoms with Crippen molar-refractivity contribution in [3.05, 3.63) is 75.6 Å². The Kier molecular flexibility index (Phi) is 6.20. The number of benzene rings is 2. The molecule has 2 aromatic carbocycles. The Morgan fingerprint density at radius 2 is 1.69 bits per heavy atom. The summed E-state index contributed by atoms with van der Waals surface area (Å²) in [7, 11) is 0. The molecule has 0 saturated heterocycles. The number of alkyl halides is 6. The number of carbonyl (C=O) groups excluding carboxylic acids is 2. The largest absolute Gasteiger partial charge is 0.418 e. The summed E-state index contributed by atoms with van der Waals surface area (Å²) in [5.41, 5.74) is -3.95. The highest BCUT2D eigenvalue weighted by Crippen LogP contribution is 2.36. The molecule has 1 aromatic heterocycles. The number of halogens is 6. The molecular weight excluding hydrogens is 496 g/mol. The van der Waals surface area contributed by atoms with E-state index in [-0.39, 0.29) is 23.0 Å². The normalized spacial score (nSPS) is 15.6. The number of anilines is 4. The Bertz CT molecular complexity index is 1400. The van der Waals surface area contributed by atoms with Crippen LogP contribution in [0.5, 0.6) is 0 Å². The lowest BCUT2D eigenvalue weighted by atomic mass is 9.92. The summed E-state index contributed by atoms with van der Waals surface area (Å²) < 4.78 is 78.7. The van der Waals surface area contributed by atoms with Gasteiger partial charge in [0.2, 0.25) is 17.8 Å². The summed E-state index contributed by atoms with van der Waals surface area (Å²) in [6, 6.07) is 8.21. The maximum atomic E-state index is 13.3. The highest BCUT2D eigenvalue weighted by molar-refractivity contribution is 6.04. The van der Waals surface area contributed by atoms with E-state index >= 15 is 0 Å². The molecule has 1 aliphatic rings. The van der Waals surface area contributed by atoms with Crippen molar-refractivity contribution in [2.45, 2.75) is 24.7 Å². The molecule has 0 radical (unpaired) electrons. The van der Waals surface area contributed by atoms with Crippen molar-refractivity contribution in [1.82, 2.24) is 9.97 Å². The number of carbonyl (C=O) groups is 2. The van der Waals surface area contributed by atoms with Gasteiger partial charge in [-0.2, -0.15) is 31.3 Å². The number of aromatic nitrogens is 2. The third-order valence-corrected chi connectivity index (χ3v) is 5.21. The molecule has 188 valence electrons. The zero-order valence-electron chi connectivity index (χ0n) is 17.8. The lowest BCUT2D eigenvalue weighted by Gasteiger charge is -2.24. The highest BCUT2D eigenvalue weighted by atomic mass is 19.4. The van der Waals surface area contributed by atoms with Gasteiger partial charge >= 0.3 is 12.4 Å². The average molecular weight is 511 g/mol. The number of H-pyrrole nitrogens is 1. The molecule has 2 amide bonds. The lowest BCUT2D eigenvalue weighted by molar-refractivity contribution is -0.138. The minimum atomic E-state index is -4.77. The summed E-state index contributed by atoms with van der Waals surface area (Å²) in [6.45, 7) is 0. The molecule has 0 spiro atoms. The quantitative estimate of drug-likeness (QED) is 0.382. The van der Waals surface area contributed by atoms with Gasteiger partial charge in [-0.05, 0) is 30.3 Å². The van der Waals surface area contributed by atoms with E-state index < -0.39 is 58.9 Å². The molecule has 0 fully saturated rings. The fourth-order valence-electron chi connectivity index (χ4n) is 3.62. The maximum Gasteiger partial charge on any atom is 0.418 e. The number of nitrogens with zero attached hydrogens (tertiary/aromatic N) is 1. The van der Waals surface area contributed by atoms with Gasteiger partial charge in [0.1, 0.15) is 5.82 Å². The Balaban J connectivity index is 1.64. The Hall–Kier alpha value is -4.36. The van der Waals surface area contributed by atoms with Crippen LogP contribution in [-0.4, -0.2) is 21.8 Å². The fraction of sp³-hybridized carbons (Fsp3) is 0.182. The van der Waals surface area contributed by atoms with Gasteiger partial charge in [-0.15, -0.1) is 0 Å². The highest BCUT2D eigenvalue weighted by Gasteiger charge is 2.37. The summed E-state index contributed by atoms with van der Waals surface area (Å²) in [5, 5.41) is 6.89. The molecule has 4 N–H and O–H groups in total. The maximum absolute atomic E-state index is 13.3. The number of hydrogen-bond donors (Lipinski definition) is 4. The van der Waals surface area contributed by atoms with E-state index in [1.807, 2.05) is 0 Å². The van der Waals surface area contributed by atoms with Crippen molar-refractivity contribution in [3.63, 3.8) is 0 Å². The minimum absolute atomic E-state index is 0.0758. The molecule has 1 aliphatic heterocycles. The number of nitrogens with one attached hydrogen (secondary N) is 4. The van der Waals surface area contributed by atoms with Gasteiger partial charge in [-0.1, -0.05) is 18.2 Å². The van der Waals surface area contributed by atoms with Gasteiger partial charge in [0, 0.05) is 12.1 Å². The monoisotopic (exact) mass is 511 g/mol. The van der Waals surface area contributed by atoms with E-state index in [0.717, 1.165) is 36.4 Å². The molecule has 36 heavy (non-hydrogen) atoms. The van der Waals surface area contributed by atoms with Gasteiger partial charge in [0.15, 0.2) is 0 Å². The van der Waals surface area contributed by atoms with Crippen LogP contribution in [0.1, 0.15) is 29.0 Å². The molecule has 8 nitrogen and oxygen atoms in total. The van der Waals surface area contributed by atoms with Crippen LogP contribution in [0.15, 0.2) is 53.3 Å². The van der Waals surface area contributed by atoms with Crippen LogP contribution in [0.25, 0.3) is 0 Å². The number of rotatable bonds is 4. The lowest BCUT2D eigenvalue weighted by Crippen LogP contribution is -2.36. The molecule has 0 aliphatic carbocycles. The molecule has 3 aromatic rings. The molecule has 0 saturated carbocycles. The standard InChI is InChI=1S/C22H15F6N5O3/c23-21(24,25)10-4-3-5-11(8-10)29-20-32-17-16(19(36)33-20)12(9-15(34)31-17)18(35)30-14-7-2-1-6-13(14)22(26,27)28/h1-8,12H,9H2,(H,30,35)(H3,29,31,32,33,34,36). The molecule has 0 bridgehead atoms. The number of amides is 2. The van der Waals surface area contributed by atoms with Crippen LogP contribution in [0.3, 0.4) is 0 Å². The second kappa shape index (κ2) is 9.02. The molecule has 14 heteroatoms. The predicted octanol–water partition coefficient (Wildman–Crippen LogP) is 4.62. The van der Waals surface area contributed by atoms with Gasteiger partial charge in [-0.25, -0.2) is 0 Å². The third-order valence-electron chi connectivity index (χ3n) is 5.21. The molecule has 4 rings (SSSR count). The van der Waals surface area contributed by atoms with Crippen LogP contribution in [0.4, 0.5) is 49.5 Å². The third kappa shape index (κ3) is 5.16. The summed E-state index contributed by atoms with van der Waals surface area (Å²) in [4.78, 5) is 44.1. The van der Waals surface area contributed by atoms with Gasteiger partial charge in [0.25, 0.3) is 5.56 Å². The van der Waals surface area contributed by atoms with Crippen LogP contribution in [-0.2, 0) is 21.9 Å². The van der Waals surface area contributed by atoms with Crippen LogP contribution in [0.2, 0.25) is 0 Å². The SMILES string of the molecule is O=C1CC(C(=O)Nc2ccccc2C(F)(F)F)c2c(nc(Nc3cccc(C(F)(F)F)c3)[nH]c2=O)N1. The zero-order chi connectivity index (χ0) is 26.3. The van der Waals surface area contributed by atoms with Crippen molar-refractivity contribution in [3.8, 4) is 0 Å². The van der Waals surface area contributed by atoms with Crippen molar-refractivity contribution in [1.29, 1.82) is 0 Å². The van der Waals surface area contributed by atoms with Crippen molar-refractivity contribution in [2.75, 3.05) is 16.0 Å². The smallest absolute Gasteiger partial charge is 0.326 e. The Morgan fingerprint density at radius 3 is 2.39 bits per heavy atom. The number of para-hydroxylation sites is 1. The summed E-state index contributed by atoms with van der Waals surface area (Å²) in [5.74, 6) is -3.95. The summed E-state index contributed by atoms with van der Waals surface area (Å²) in [6.07, 6.45) is -9.93. The van der Waals surface area contributed by atoms with E-state index in [2.05, 4.69) is 25.9 Å².